The maximum Gasteiger partial charge on any atom is 0.334 e. The van der Waals surface area contributed by atoms with E-state index in [1.165, 1.54) is 6.42 Å². The normalized spacial score (nSPS) is 27.4. The Hall–Kier alpha value is -1.67. The summed E-state index contributed by atoms with van der Waals surface area (Å²) in [7, 11) is 0. The molecule has 0 aromatic carbocycles. The van der Waals surface area contributed by atoms with Gasteiger partial charge >= 0.3 is 5.97 Å². The van der Waals surface area contributed by atoms with Gasteiger partial charge in [-0.05, 0) is 30.6 Å². The van der Waals surface area contributed by atoms with E-state index in [9.17, 15) is 19.2 Å². The lowest BCUT2D eigenvalue weighted by Crippen LogP contribution is -2.32. The second-order valence-corrected chi connectivity index (χ2v) is 7.72. The Bertz CT molecular complexity index is 588. The monoisotopic (exact) mass is 367 g/mol. The third-order valence-electron chi connectivity index (χ3n) is 4.74. The van der Waals surface area contributed by atoms with Gasteiger partial charge in [0.1, 0.15) is 6.61 Å². The third-order valence-corrected chi connectivity index (χ3v) is 5.58. The molecule has 0 aromatic heterocycles. The molecule has 3 rings (SSSR count). The molecule has 1 saturated heterocycles. The van der Waals surface area contributed by atoms with E-state index in [4.69, 9.17) is 9.57 Å². The molecule has 0 spiro atoms. The minimum Gasteiger partial charge on any atom is -0.372 e. The van der Waals surface area contributed by atoms with Crippen LogP contribution >= 0.6 is 11.8 Å². The fraction of sp³-hybridized carbons (Fsp3) is 0.647. The van der Waals surface area contributed by atoms with Gasteiger partial charge in [0.25, 0.3) is 11.8 Å². The number of amides is 2. The predicted molar refractivity (Wildman–Crippen MR) is 88.9 cm³/mol. The average molecular weight is 367 g/mol. The maximum absolute atomic E-state index is 11.8. The summed E-state index contributed by atoms with van der Waals surface area (Å²) in [5, 5.41) is 0.377. The smallest absolute Gasteiger partial charge is 0.334 e. The van der Waals surface area contributed by atoms with Gasteiger partial charge in [-0.3, -0.25) is 14.4 Å². The van der Waals surface area contributed by atoms with Gasteiger partial charge in [0, 0.05) is 18.6 Å². The molecule has 0 N–H and O–H groups in total. The molecule has 2 bridgehead atoms. The largest absolute Gasteiger partial charge is 0.372 e. The van der Waals surface area contributed by atoms with Crippen LogP contribution in [-0.2, 0) is 28.8 Å². The van der Waals surface area contributed by atoms with Gasteiger partial charge in [-0.2, -0.15) is 0 Å². The molecule has 136 valence electrons. The number of ether oxygens (including phenoxy) is 1. The van der Waals surface area contributed by atoms with Gasteiger partial charge in [0.15, 0.2) is 0 Å². The van der Waals surface area contributed by atoms with Gasteiger partial charge in [-0.1, -0.05) is 23.9 Å². The zero-order valence-electron chi connectivity index (χ0n) is 13.8. The quantitative estimate of drug-likeness (QED) is 0.474. The Labute approximate surface area is 150 Å². The molecular formula is C17H21NO6S. The zero-order chi connectivity index (χ0) is 17.8. The number of hydrogen-bond acceptors (Lipinski definition) is 7. The molecule has 0 aromatic rings. The topological polar surface area (TPSA) is 90.0 Å². The minimum absolute atomic E-state index is 0.0282. The first-order chi connectivity index (χ1) is 12.0. The number of rotatable bonds is 8. The molecule has 1 heterocycles. The van der Waals surface area contributed by atoms with Crippen LogP contribution in [-0.4, -0.2) is 46.9 Å². The van der Waals surface area contributed by atoms with E-state index in [0.29, 0.717) is 29.4 Å². The first kappa shape index (κ1) is 18.1. The minimum atomic E-state index is -0.696. The summed E-state index contributed by atoms with van der Waals surface area (Å²) in [6.45, 7) is 0.624. The summed E-state index contributed by atoms with van der Waals surface area (Å²) in [6.07, 6.45) is 6.95. The van der Waals surface area contributed by atoms with E-state index in [-0.39, 0.29) is 36.7 Å². The number of thioether (sulfide) groups is 1. The van der Waals surface area contributed by atoms with Crippen molar-refractivity contribution in [2.45, 2.75) is 32.1 Å². The van der Waals surface area contributed by atoms with Crippen molar-refractivity contribution in [1.29, 1.82) is 0 Å². The number of carbonyl (C=O) groups excluding carboxylic acids is 4. The van der Waals surface area contributed by atoms with Gasteiger partial charge in [-0.25, -0.2) is 4.79 Å². The number of hydroxylamine groups is 2. The second-order valence-electron chi connectivity index (χ2n) is 6.57. The van der Waals surface area contributed by atoms with Crippen LogP contribution in [0.3, 0.4) is 0 Å². The highest BCUT2D eigenvalue weighted by Gasteiger charge is 2.35. The second kappa shape index (κ2) is 8.14. The molecule has 1 saturated carbocycles. The van der Waals surface area contributed by atoms with E-state index in [2.05, 4.69) is 12.2 Å². The first-order valence-electron chi connectivity index (χ1n) is 8.51. The van der Waals surface area contributed by atoms with Crippen LogP contribution in [0, 0.1) is 17.8 Å². The van der Waals surface area contributed by atoms with Gasteiger partial charge in [-0.15, -0.1) is 5.06 Å². The highest BCUT2D eigenvalue weighted by atomic mass is 32.2. The fourth-order valence-corrected chi connectivity index (χ4v) is 4.14. The fourth-order valence-electron chi connectivity index (χ4n) is 3.48. The summed E-state index contributed by atoms with van der Waals surface area (Å²) in [4.78, 5) is 50.7. The lowest BCUT2D eigenvalue weighted by Gasteiger charge is -2.17. The average Bonchev–Trinajstić information content (AvgIpc) is 3.27. The van der Waals surface area contributed by atoms with E-state index >= 15 is 0 Å². The molecule has 8 heteroatoms. The van der Waals surface area contributed by atoms with E-state index in [1.807, 2.05) is 0 Å². The van der Waals surface area contributed by atoms with Crippen molar-refractivity contribution in [3.63, 3.8) is 0 Å². The lowest BCUT2D eigenvalue weighted by molar-refractivity contribution is -0.197. The molecule has 1 aliphatic heterocycles. The Balaban J connectivity index is 1.25. The van der Waals surface area contributed by atoms with Crippen LogP contribution < -0.4 is 0 Å². The number of carbonyl (C=O) groups is 4. The Morgan fingerprint density at radius 3 is 2.56 bits per heavy atom. The number of nitrogens with zero attached hydrogens (tertiary/aromatic N) is 1. The highest BCUT2D eigenvalue weighted by molar-refractivity contribution is 8.13. The maximum atomic E-state index is 11.8. The number of imide groups is 1. The Kier molecular flexibility index (Phi) is 5.90. The number of allylic oxidation sites excluding steroid dienone is 2. The van der Waals surface area contributed by atoms with Gasteiger partial charge in [0.2, 0.25) is 5.12 Å². The van der Waals surface area contributed by atoms with Gasteiger partial charge in [0.05, 0.1) is 13.0 Å². The van der Waals surface area contributed by atoms with Crippen LogP contribution in [0.2, 0.25) is 0 Å². The molecule has 2 fully saturated rings. The molecule has 7 nitrogen and oxygen atoms in total. The van der Waals surface area contributed by atoms with Crippen LogP contribution in [0.5, 0.6) is 0 Å². The van der Waals surface area contributed by atoms with Crippen molar-refractivity contribution in [3.05, 3.63) is 12.2 Å². The summed E-state index contributed by atoms with van der Waals surface area (Å²) in [5.74, 6) is 0.310. The molecule has 25 heavy (non-hydrogen) atoms. The molecule has 2 aliphatic carbocycles. The zero-order valence-corrected chi connectivity index (χ0v) is 14.7. The van der Waals surface area contributed by atoms with Crippen molar-refractivity contribution in [3.8, 4) is 0 Å². The van der Waals surface area contributed by atoms with Crippen LogP contribution in [0.1, 0.15) is 32.1 Å². The number of fused-ring (bicyclic) bond motifs is 2. The van der Waals surface area contributed by atoms with Crippen molar-refractivity contribution >= 4 is 34.7 Å². The molecular weight excluding hydrogens is 346 g/mol. The predicted octanol–water partition coefficient (Wildman–Crippen LogP) is 1.47. The van der Waals surface area contributed by atoms with Gasteiger partial charge < -0.3 is 9.57 Å². The lowest BCUT2D eigenvalue weighted by atomic mass is 9.95. The summed E-state index contributed by atoms with van der Waals surface area (Å²) in [5.41, 5.74) is 0. The summed E-state index contributed by atoms with van der Waals surface area (Å²) < 4.78 is 5.51. The van der Waals surface area contributed by atoms with Crippen LogP contribution in [0.25, 0.3) is 0 Å². The van der Waals surface area contributed by atoms with Crippen molar-refractivity contribution in [2.75, 3.05) is 19.0 Å². The Morgan fingerprint density at radius 1 is 1.16 bits per heavy atom. The van der Waals surface area contributed by atoms with Crippen molar-refractivity contribution < 1.29 is 28.8 Å². The van der Waals surface area contributed by atoms with E-state index in [1.54, 1.807) is 0 Å². The summed E-state index contributed by atoms with van der Waals surface area (Å²) in [6, 6.07) is 0. The molecule has 2 amide bonds. The number of hydrogen-bond donors (Lipinski definition) is 0. The van der Waals surface area contributed by atoms with E-state index in [0.717, 1.165) is 18.2 Å². The van der Waals surface area contributed by atoms with Crippen molar-refractivity contribution in [2.24, 2.45) is 17.8 Å². The molecule has 3 aliphatic rings. The Morgan fingerprint density at radius 2 is 1.92 bits per heavy atom. The third kappa shape index (κ3) is 4.70. The van der Waals surface area contributed by atoms with E-state index < -0.39 is 17.8 Å². The molecule has 3 unspecified atom stereocenters. The molecule has 0 radical (unpaired) electrons. The highest BCUT2D eigenvalue weighted by Crippen LogP contribution is 2.43. The SMILES string of the molecule is O=C(CCSC(=O)COCC1CC2C=CC1C2)ON1C(=O)CCC1=O. The molecule has 3 atom stereocenters. The van der Waals surface area contributed by atoms with Crippen LogP contribution in [0.15, 0.2) is 12.2 Å². The summed E-state index contributed by atoms with van der Waals surface area (Å²) >= 11 is 0.995. The van der Waals surface area contributed by atoms with Crippen molar-refractivity contribution in [1.82, 2.24) is 5.06 Å². The van der Waals surface area contributed by atoms with Crippen LogP contribution in [0.4, 0.5) is 0 Å². The first-order valence-corrected chi connectivity index (χ1v) is 9.49. The standard InChI is InChI=1S/C17H21NO6S/c19-14-3-4-15(20)18(14)24-16(21)5-6-25-17(22)10-23-9-13-8-11-1-2-12(13)7-11/h1-2,11-13H,3-10H2.